The molecule has 0 amide bonds. The number of anilines is 2. The topological polar surface area (TPSA) is 42.1 Å². The standard InChI is InChI=1S/C17H21N3/c1-12-5-6-16-15(10-12)4-3-9-20(16)17-11-14(13(2)18)7-8-19-17/h5-8,10-11,13H,3-4,9,18H2,1-2H3. The summed E-state index contributed by atoms with van der Waals surface area (Å²) in [7, 11) is 0. The predicted octanol–water partition coefficient (Wildman–Crippen LogP) is 3.49. The molecule has 0 fully saturated rings. The molecule has 1 aromatic heterocycles. The summed E-state index contributed by atoms with van der Waals surface area (Å²) in [5.74, 6) is 1.00. The van der Waals surface area contributed by atoms with E-state index < -0.39 is 0 Å². The van der Waals surface area contributed by atoms with E-state index in [1.165, 1.54) is 23.2 Å². The molecule has 2 heterocycles. The van der Waals surface area contributed by atoms with Crippen molar-refractivity contribution in [1.82, 2.24) is 4.98 Å². The molecule has 104 valence electrons. The third kappa shape index (κ3) is 2.41. The Balaban J connectivity index is 2.02. The van der Waals surface area contributed by atoms with Crippen molar-refractivity contribution in [3.63, 3.8) is 0 Å². The normalized spacial score (nSPS) is 15.8. The van der Waals surface area contributed by atoms with E-state index in [1.54, 1.807) is 0 Å². The van der Waals surface area contributed by atoms with Crippen LogP contribution in [0.25, 0.3) is 0 Å². The van der Waals surface area contributed by atoms with Crippen LogP contribution in [0.15, 0.2) is 36.5 Å². The van der Waals surface area contributed by atoms with Crippen LogP contribution in [-0.2, 0) is 6.42 Å². The molecule has 2 N–H and O–H groups in total. The number of rotatable bonds is 2. The molecule has 1 unspecified atom stereocenters. The molecule has 1 aliphatic heterocycles. The van der Waals surface area contributed by atoms with Crippen LogP contribution in [0, 0.1) is 6.92 Å². The number of nitrogens with two attached hydrogens (primary N) is 1. The number of fused-ring (bicyclic) bond motifs is 1. The maximum absolute atomic E-state index is 5.98. The number of hydrogen-bond acceptors (Lipinski definition) is 3. The van der Waals surface area contributed by atoms with E-state index in [1.807, 2.05) is 19.2 Å². The SMILES string of the molecule is Cc1ccc2c(c1)CCCN2c1cc(C(C)N)ccn1. The van der Waals surface area contributed by atoms with Crippen LogP contribution in [0.4, 0.5) is 11.5 Å². The highest BCUT2D eigenvalue weighted by molar-refractivity contribution is 5.66. The van der Waals surface area contributed by atoms with E-state index in [-0.39, 0.29) is 6.04 Å². The zero-order valence-corrected chi connectivity index (χ0v) is 12.1. The van der Waals surface area contributed by atoms with E-state index in [4.69, 9.17) is 5.73 Å². The zero-order valence-electron chi connectivity index (χ0n) is 12.1. The molecule has 0 radical (unpaired) electrons. The number of hydrogen-bond donors (Lipinski definition) is 1. The van der Waals surface area contributed by atoms with Crippen molar-refractivity contribution in [3.8, 4) is 0 Å². The van der Waals surface area contributed by atoms with Gasteiger partial charge in [-0.1, -0.05) is 17.7 Å². The Kier molecular flexibility index (Phi) is 3.45. The van der Waals surface area contributed by atoms with Gasteiger partial charge in [-0.15, -0.1) is 0 Å². The van der Waals surface area contributed by atoms with Gasteiger partial charge in [0.05, 0.1) is 0 Å². The van der Waals surface area contributed by atoms with Gasteiger partial charge in [0.1, 0.15) is 5.82 Å². The highest BCUT2D eigenvalue weighted by Gasteiger charge is 2.19. The fourth-order valence-corrected chi connectivity index (χ4v) is 2.83. The third-order valence-corrected chi connectivity index (χ3v) is 3.93. The maximum atomic E-state index is 5.98. The Morgan fingerprint density at radius 1 is 1.25 bits per heavy atom. The average Bonchev–Trinajstić information content (AvgIpc) is 2.46. The molecule has 0 saturated heterocycles. The number of aryl methyl sites for hydroxylation is 2. The van der Waals surface area contributed by atoms with Crippen molar-refractivity contribution in [2.45, 2.75) is 32.7 Å². The van der Waals surface area contributed by atoms with Crippen LogP contribution in [0.2, 0.25) is 0 Å². The molecule has 1 aliphatic rings. The Labute approximate surface area is 120 Å². The summed E-state index contributed by atoms with van der Waals surface area (Å²) in [5, 5.41) is 0. The smallest absolute Gasteiger partial charge is 0.133 e. The minimum atomic E-state index is 0.0408. The summed E-state index contributed by atoms with van der Waals surface area (Å²) in [5.41, 5.74) is 11.1. The van der Waals surface area contributed by atoms with E-state index in [9.17, 15) is 0 Å². The maximum Gasteiger partial charge on any atom is 0.133 e. The minimum absolute atomic E-state index is 0.0408. The minimum Gasteiger partial charge on any atom is -0.326 e. The molecule has 0 bridgehead atoms. The Hall–Kier alpha value is -1.87. The lowest BCUT2D eigenvalue weighted by Crippen LogP contribution is -2.25. The van der Waals surface area contributed by atoms with E-state index >= 15 is 0 Å². The second-order valence-corrected chi connectivity index (χ2v) is 5.62. The van der Waals surface area contributed by atoms with E-state index in [0.717, 1.165) is 24.3 Å². The van der Waals surface area contributed by atoms with Crippen LogP contribution < -0.4 is 10.6 Å². The second kappa shape index (κ2) is 5.25. The summed E-state index contributed by atoms with van der Waals surface area (Å²) in [6, 6.07) is 10.8. The quantitative estimate of drug-likeness (QED) is 0.905. The lowest BCUT2D eigenvalue weighted by molar-refractivity contribution is 0.755. The molecule has 3 rings (SSSR count). The van der Waals surface area contributed by atoms with Crippen molar-refractivity contribution in [3.05, 3.63) is 53.2 Å². The van der Waals surface area contributed by atoms with Crippen molar-refractivity contribution in [2.75, 3.05) is 11.4 Å². The van der Waals surface area contributed by atoms with Gasteiger partial charge in [0.25, 0.3) is 0 Å². The molecular weight excluding hydrogens is 246 g/mol. The van der Waals surface area contributed by atoms with Crippen LogP contribution in [-0.4, -0.2) is 11.5 Å². The summed E-state index contributed by atoms with van der Waals surface area (Å²) >= 11 is 0. The van der Waals surface area contributed by atoms with Crippen LogP contribution >= 0.6 is 0 Å². The third-order valence-electron chi connectivity index (χ3n) is 3.93. The molecule has 0 spiro atoms. The summed E-state index contributed by atoms with van der Waals surface area (Å²) in [6.07, 6.45) is 4.18. The fraction of sp³-hybridized carbons (Fsp3) is 0.353. The van der Waals surface area contributed by atoms with Crippen molar-refractivity contribution < 1.29 is 0 Å². The monoisotopic (exact) mass is 267 g/mol. The average molecular weight is 267 g/mol. The highest BCUT2D eigenvalue weighted by atomic mass is 15.2. The van der Waals surface area contributed by atoms with Gasteiger partial charge in [-0.25, -0.2) is 4.98 Å². The first-order chi connectivity index (χ1) is 9.65. The van der Waals surface area contributed by atoms with Gasteiger partial charge >= 0.3 is 0 Å². The predicted molar refractivity (Wildman–Crippen MR) is 83.3 cm³/mol. The molecule has 20 heavy (non-hydrogen) atoms. The molecule has 1 aromatic carbocycles. The molecule has 3 nitrogen and oxygen atoms in total. The summed E-state index contributed by atoms with van der Waals surface area (Å²) in [4.78, 5) is 6.85. The number of nitrogens with zero attached hydrogens (tertiary/aromatic N) is 2. The second-order valence-electron chi connectivity index (χ2n) is 5.62. The molecule has 0 aliphatic carbocycles. The van der Waals surface area contributed by atoms with E-state index in [0.29, 0.717) is 0 Å². The first-order valence-electron chi connectivity index (χ1n) is 7.24. The Morgan fingerprint density at radius 3 is 2.90 bits per heavy atom. The highest BCUT2D eigenvalue weighted by Crippen LogP contribution is 2.33. The Morgan fingerprint density at radius 2 is 2.10 bits per heavy atom. The van der Waals surface area contributed by atoms with Gasteiger partial charge in [-0.3, -0.25) is 0 Å². The van der Waals surface area contributed by atoms with Crippen LogP contribution in [0.3, 0.4) is 0 Å². The van der Waals surface area contributed by atoms with Crippen LogP contribution in [0.5, 0.6) is 0 Å². The first-order valence-corrected chi connectivity index (χ1v) is 7.24. The molecule has 2 aromatic rings. The fourth-order valence-electron chi connectivity index (χ4n) is 2.83. The van der Waals surface area contributed by atoms with E-state index in [2.05, 4.69) is 41.1 Å². The van der Waals surface area contributed by atoms with Gasteiger partial charge in [0.2, 0.25) is 0 Å². The van der Waals surface area contributed by atoms with Crippen molar-refractivity contribution in [1.29, 1.82) is 0 Å². The summed E-state index contributed by atoms with van der Waals surface area (Å²) < 4.78 is 0. The molecule has 0 saturated carbocycles. The molecule has 3 heteroatoms. The lowest BCUT2D eigenvalue weighted by Gasteiger charge is -2.31. The summed E-state index contributed by atoms with van der Waals surface area (Å²) in [6.45, 7) is 5.17. The van der Waals surface area contributed by atoms with Gasteiger partial charge < -0.3 is 10.6 Å². The molecule has 1 atom stereocenters. The number of aromatic nitrogens is 1. The zero-order chi connectivity index (χ0) is 14.1. The Bertz CT molecular complexity index is 619. The van der Waals surface area contributed by atoms with Crippen LogP contribution in [0.1, 0.15) is 36.1 Å². The van der Waals surface area contributed by atoms with Gasteiger partial charge in [-0.2, -0.15) is 0 Å². The van der Waals surface area contributed by atoms with Gasteiger partial charge in [-0.05, 0) is 56.0 Å². The van der Waals surface area contributed by atoms with Gasteiger partial charge in [0, 0.05) is 24.5 Å². The first kappa shape index (κ1) is 13.1. The van der Waals surface area contributed by atoms with Crippen molar-refractivity contribution in [2.24, 2.45) is 5.73 Å². The van der Waals surface area contributed by atoms with Gasteiger partial charge in [0.15, 0.2) is 0 Å². The lowest BCUT2D eigenvalue weighted by atomic mass is 9.99. The largest absolute Gasteiger partial charge is 0.326 e. The number of pyridine rings is 1. The molecular formula is C17H21N3. The number of benzene rings is 1. The van der Waals surface area contributed by atoms with Crippen molar-refractivity contribution >= 4 is 11.5 Å².